The number of aryl methyl sites for hydroxylation is 1. The largest absolute Gasteiger partial charge is 0.462 e. The molecule has 1 atom stereocenters. The summed E-state index contributed by atoms with van der Waals surface area (Å²) in [6, 6.07) is 9.30. The number of nitrogens with zero attached hydrogens (tertiary/aromatic N) is 1. The van der Waals surface area contributed by atoms with E-state index < -0.39 is 5.97 Å². The van der Waals surface area contributed by atoms with Gasteiger partial charge in [-0.05, 0) is 66.8 Å². The number of thiophene rings is 2. The predicted molar refractivity (Wildman–Crippen MR) is 158 cm³/mol. The summed E-state index contributed by atoms with van der Waals surface area (Å²) in [6.45, 7) is 8.81. The van der Waals surface area contributed by atoms with Gasteiger partial charge in [-0.1, -0.05) is 44.5 Å². The highest BCUT2D eigenvalue weighted by molar-refractivity contribution is 7.21. The van der Waals surface area contributed by atoms with Gasteiger partial charge in [-0.25, -0.2) is 9.78 Å². The van der Waals surface area contributed by atoms with Crippen molar-refractivity contribution in [3.8, 4) is 11.1 Å². The topological polar surface area (TPSA) is 94.3 Å². The highest BCUT2D eigenvalue weighted by Crippen LogP contribution is 2.41. The van der Waals surface area contributed by atoms with Gasteiger partial charge in [0.2, 0.25) is 0 Å². The molecule has 1 amide bonds. The lowest BCUT2D eigenvalue weighted by Gasteiger charge is -2.34. The van der Waals surface area contributed by atoms with Crippen LogP contribution in [0.15, 0.2) is 35.7 Å². The van der Waals surface area contributed by atoms with E-state index in [2.05, 4.69) is 32.2 Å². The third kappa shape index (κ3) is 5.05. The van der Waals surface area contributed by atoms with Crippen molar-refractivity contribution in [3.05, 3.63) is 62.4 Å². The molecule has 3 heterocycles. The van der Waals surface area contributed by atoms with Crippen LogP contribution < -0.4 is 11.1 Å². The third-order valence-corrected chi connectivity index (χ3v) is 9.43. The molecule has 3 N–H and O–H groups in total. The highest BCUT2D eigenvalue weighted by Gasteiger charge is 2.31. The summed E-state index contributed by atoms with van der Waals surface area (Å²) in [5, 5.41) is 6.58. The summed E-state index contributed by atoms with van der Waals surface area (Å²) >= 11 is 8.60. The monoisotopic (exact) mass is 567 g/mol. The number of fused-ring (bicyclic) bond motifs is 2. The number of nitrogen functional groups attached to an aromatic ring is 1. The van der Waals surface area contributed by atoms with Crippen LogP contribution in [0.2, 0.25) is 5.02 Å². The highest BCUT2D eigenvalue weighted by atomic mass is 35.5. The number of nitrogens with two attached hydrogens (primary N) is 1. The second kappa shape index (κ2) is 10.3. The molecule has 0 spiro atoms. The van der Waals surface area contributed by atoms with Crippen molar-refractivity contribution in [3.63, 3.8) is 0 Å². The molecule has 4 aromatic rings. The fourth-order valence-corrected chi connectivity index (χ4v) is 7.03. The molecule has 6 nitrogen and oxygen atoms in total. The van der Waals surface area contributed by atoms with Crippen LogP contribution in [0.3, 0.4) is 0 Å². The standard InChI is InChI=1S/C29H30ClN3O3S2/c1-5-36-28(35)22-20(15-6-9-18(30)10-7-15)14-37-27(22)33-25(34)24-23(31)19-13-16-12-17(29(2,3)4)8-11-21(16)32-26(19)38-24/h6-7,9-10,13-14,17H,5,8,11-12,31H2,1-4H3,(H,33,34). The lowest BCUT2D eigenvalue weighted by atomic mass is 9.71. The molecule has 0 bridgehead atoms. The van der Waals surface area contributed by atoms with Crippen LogP contribution in [-0.4, -0.2) is 23.5 Å². The van der Waals surface area contributed by atoms with Gasteiger partial charge >= 0.3 is 5.97 Å². The minimum Gasteiger partial charge on any atom is -0.462 e. The first-order valence-electron chi connectivity index (χ1n) is 12.6. The van der Waals surface area contributed by atoms with E-state index in [1.165, 1.54) is 28.2 Å². The Morgan fingerprint density at radius 3 is 2.66 bits per heavy atom. The summed E-state index contributed by atoms with van der Waals surface area (Å²) in [4.78, 5) is 32.4. The molecule has 38 heavy (non-hydrogen) atoms. The molecule has 5 rings (SSSR count). The van der Waals surface area contributed by atoms with Crippen molar-refractivity contribution in [2.75, 3.05) is 17.7 Å². The molecule has 0 aliphatic heterocycles. The number of hydrogen-bond acceptors (Lipinski definition) is 7. The minimum atomic E-state index is -0.499. The average Bonchev–Trinajstić information content (AvgIpc) is 3.43. The number of benzene rings is 1. The Morgan fingerprint density at radius 2 is 1.97 bits per heavy atom. The molecular formula is C29H30ClN3O3S2. The Kier molecular flexibility index (Phi) is 7.24. The van der Waals surface area contributed by atoms with Gasteiger partial charge in [0.1, 0.15) is 20.3 Å². The first kappa shape index (κ1) is 26.7. The van der Waals surface area contributed by atoms with Crippen LogP contribution in [-0.2, 0) is 17.6 Å². The number of carbonyl (C=O) groups excluding carboxylic acids is 2. The molecular weight excluding hydrogens is 538 g/mol. The number of nitrogens with one attached hydrogen (secondary N) is 1. The van der Waals surface area contributed by atoms with E-state index in [4.69, 9.17) is 27.1 Å². The fourth-order valence-electron chi connectivity index (χ4n) is 4.96. The zero-order valence-corrected chi connectivity index (χ0v) is 24.2. The number of amides is 1. The molecule has 0 fully saturated rings. The number of halogens is 1. The van der Waals surface area contributed by atoms with Gasteiger partial charge in [0.05, 0.1) is 12.3 Å². The van der Waals surface area contributed by atoms with E-state index in [0.717, 1.165) is 40.7 Å². The number of carbonyl (C=O) groups is 2. The van der Waals surface area contributed by atoms with Crippen LogP contribution in [0.1, 0.15) is 65.4 Å². The maximum Gasteiger partial charge on any atom is 0.341 e. The summed E-state index contributed by atoms with van der Waals surface area (Å²) in [5.74, 6) is -0.293. The van der Waals surface area contributed by atoms with Crippen LogP contribution >= 0.6 is 34.3 Å². The molecule has 1 aromatic carbocycles. The van der Waals surface area contributed by atoms with Crippen molar-refractivity contribution in [1.29, 1.82) is 0 Å². The van der Waals surface area contributed by atoms with E-state index >= 15 is 0 Å². The normalized spacial score (nSPS) is 15.3. The molecule has 3 aromatic heterocycles. The molecule has 1 unspecified atom stereocenters. The first-order chi connectivity index (χ1) is 18.1. The van der Waals surface area contributed by atoms with Gasteiger partial charge in [0, 0.05) is 27.0 Å². The van der Waals surface area contributed by atoms with Gasteiger partial charge in [-0.3, -0.25) is 4.79 Å². The Morgan fingerprint density at radius 1 is 1.24 bits per heavy atom. The Balaban J connectivity index is 1.48. The van der Waals surface area contributed by atoms with Crippen LogP contribution in [0, 0.1) is 11.3 Å². The zero-order valence-electron chi connectivity index (χ0n) is 21.8. The number of rotatable bonds is 5. The summed E-state index contributed by atoms with van der Waals surface area (Å²) in [5.41, 5.74) is 11.3. The minimum absolute atomic E-state index is 0.220. The van der Waals surface area contributed by atoms with Gasteiger partial charge in [0.15, 0.2) is 0 Å². The Hall–Kier alpha value is -2.94. The number of hydrogen-bond donors (Lipinski definition) is 2. The van der Waals surface area contributed by atoms with E-state index in [1.54, 1.807) is 19.1 Å². The van der Waals surface area contributed by atoms with E-state index in [1.807, 2.05) is 17.5 Å². The number of pyridine rings is 1. The molecule has 1 aliphatic carbocycles. The van der Waals surface area contributed by atoms with Crippen LogP contribution in [0.25, 0.3) is 21.3 Å². The van der Waals surface area contributed by atoms with Crippen molar-refractivity contribution >= 4 is 67.1 Å². The maximum atomic E-state index is 13.5. The van der Waals surface area contributed by atoms with Crippen molar-refractivity contribution in [1.82, 2.24) is 4.98 Å². The van der Waals surface area contributed by atoms with Gasteiger partial charge in [0.25, 0.3) is 5.91 Å². The Bertz CT molecular complexity index is 1530. The van der Waals surface area contributed by atoms with E-state index in [-0.39, 0.29) is 17.9 Å². The van der Waals surface area contributed by atoms with Gasteiger partial charge in [-0.15, -0.1) is 22.7 Å². The second-order valence-electron chi connectivity index (χ2n) is 10.6. The smallest absolute Gasteiger partial charge is 0.341 e. The van der Waals surface area contributed by atoms with Crippen LogP contribution in [0.4, 0.5) is 10.7 Å². The molecule has 0 saturated carbocycles. The van der Waals surface area contributed by atoms with Crippen molar-refractivity contribution in [2.24, 2.45) is 11.3 Å². The number of aromatic nitrogens is 1. The van der Waals surface area contributed by atoms with E-state index in [9.17, 15) is 9.59 Å². The first-order valence-corrected chi connectivity index (χ1v) is 14.7. The number of esters is 1. The zero-order chi connectivity index (χ0) is 27.2. The Labute approximate surface area is 235 Å². The molecule has 9 heteroatoms. The average molecular weight is 568 g/mol. The van der Waals surface area contributed by atoms with Crippen LogP contribution in [0.5, 0.6) is 0 Å². The number of ether oxygens (including phenoxy) is 1. The SMILES string of the molecule is CCOC(=O)c1c(-c2ccc(Cl)cc2)csc1NC(=O)c1sc2nc3c(cc2c1N)CC(C(C)(C)C)CC3. The molecule has 0 saturated heterocycles. The van der Waals surface area contributed by atoms with Gasteiger partial charge in [-0.2, -0.15) is 0 Å². The van der Waals surface area contributed by atoms with E-state index in [0.29, 0.717) is 37.6 Å². The maximum absolute atomic E-state index is 13.5. The fraction of sp³-hybridized carbons (Fsp3) is 0.345. The second-order valence-corrected chi connectivity index (χ2v) is 12.9. The van der Waals surface area contributed by atoms with Crippen molar-refractivity contribution < 1.29 is 14.3 Å². The summed E-state index contributed by atoms with van der Waals surface area (Å²) < 4.78 is 5.32. The van der Waals surface area contributed by atoms with Crippen molar-refractivity contribution in [2.45, 2.75) is 47.0 Å². The quantitative estimate of drug-likeness (QED) is 0.239. The summed E-state index contributed by atoms with van der Waals surface area (Å²) in [7, 11) is 0. The molecule has 1 aliphatic rings. The lowest BCUT2D eigenvalue weighted by Crippen LogP contribution is -2.27. The molecule has 0 radical (unpaired) electrons. The predicted octanol–water partition coefficient (Wildman–Crippen LogP) is 7.84. The third-order valence-electron chi connectivity index (χ3n) is 7.17. The van der Waals surface area contributed by atoms with Gasteiger partial charge < -0.3 is 15.8 Å². The number of anilines is 2. The summed E-state index contributed by atoms with van der Waals surface area (Å²) in [6.07, 6.45) is 3.00. The molecule has 198 valence electrons. The lowest BCUT2D eigenvalue weighted by molar-refractivity contribution is 0.0529.